The van der Waals surface area contributed by atoms with Crippen LogP contribution in [0.3, 0.4) is 0 Å². The van der Waals surface area contributed by atoms with Gasteiger partial charge in [-0.3, -0.25) is 0 Å². The molecule has 2 nitrogen and oxygen atoms in total. The standard InChI is InChI=1S/C15H16ClNO/c1-18-13-4-2-3-12(10-13)14-9-11(7-8-17)5-6-15(14)16/h2-6,9-10H,7-8,17H2,1H3. The summed E-state index contributed by atoms with van der Waals surface area (Å²) in [6.07, 6.45) is 0.855. The molecular formula is C15H16ClNO. The summed E-state index contributed by atoms with van der Waals surface area (Å²) in [6.45, 7) is 0.638. The molecule has 0 heterocycles. The van der Waals surface area contributed by atoms with Gasteiger partial charge in [0, 0.05) is 10.6 Å². The highest BCUT2D eigenvalue weighted by Crippen LogP contribution is 2.31. The molecule has 2 rings (SSSR count). The molecule has 0 aliphatic carbocycles. The van der Waals surface area contributed by atoms with Gasteiger partial charge in [-0.2, -0.15) is 0 Å². The van der Waals surface area contributed by atoms with Gasteiger partial charge in [0.1, 0.15) is 5.75 Å². The van der Waals surface area contributed by atoms with Gasteiger partial charge in [0.2, 0.25) is 0 Å². The van der Waals surface area contributed by atoms with Crippen LogP contribution in [0.4, 0.5) is 0 Å². The zero-order valence-electron chi connectivity index (χ0n) is 10.3. The van der Waals surface area contributed by atoms with Gasteiger partial charge >= 0.3 is 0 Å². The van der Waals surface area contributed by atoms with E-state index in [9.17, 15) is 0 Å². The number of hydrogen-bond donors (Lipinski definition) is 1. The number of benzene rings is 2. The number of methoxy groups -OCH3 is 1. The first-order valence-corrected chi connectivity index (χ1v) is 6.25. The van der Waals surface area contributed by atoms with Crippen LogP contribution in [0.1, 0.15) is 5.56 Å². The molecule has 94 valence electrons. The number of nitrogens with two attached hydrogens (primary N) is 1. The Kier molecular flexibility index (Phi) is 4.24. The van der Waals surface area contributed by atoms with E-state index >= 15 is 0 Å². The summed E-state index contributed by atoms with van der Waals surface area (Å²) in [4.78, 5) is 0. The van der Waals surface area contributed by atoms with E-state index in [1.165, 1.54) is 5.56 Å². The van der Waals surface area contributed by atoms with E-state index in [4.69, 9.17) is 22.1 Å². The van der Waals surface area contributed by atoms with Crippen molar-refractivity contribution < 1.29 is 4.74 Å². The largest absolute Gasteiger partial charge is 0.497 e. The van der Waals surface area contributed by atoms with E-state index in [1.807, 2.05) is 36.4 Å². The molecule has 0 radical (unpaired) electrons. The summed E-state index contributed by atoms with van der Waals surface area (Å²) in [6, 6.07) is 13.9. The normalized spacial score (nSPS) is 10.4. The minimum atomic E-state index is 0.638. The summed E-state index contributed by atoms with van der Waals surface area (Å²) in [5, 5.41) is 0.740. The molecule has 2 aromatic carbocycles. The van der Waals surface area contributed by atoms with Crippen LogP contribution in [0.15, 0.2) is 42.5 Å². The molecule has 3 heteroatoms. The Morgan fingerprint density at radius 2 is 2.00 bits per heavy atom. The fraction of sp³-hybridized carbons (Fsp3) is 0.200. The summed E-state index contributed by atoms with van der Waals surface area (Å²) in [7, 11) is 1.66. The second-order valence-corrected chi connectivity index (χ2v) is 4.49. The second-order valence-electron chi connectivity index (χ2n) is 4.08. The van der Waals surface area contributed by atoms with E-state index in [-0.39, 0.29) is 0 Å². The van der Waals surface area contributed by atoms with Gasteiger partial charge in [0.25, 0.3) is 0 Å². The molecule has 0 amide bonds. The predicted octanol–water partition coefficient (Wildman–Crippen LogP) is 3.52. The van der Waals surface area contributed by atoms with Crippen molar-refractivity contribution in [1.82, 2.24) is 0 Å². The number of rotatable bonds is 4. The molecule has 0 unspecified atom stereocenters. The maximum atomic E-state index is 6.25. The van der Waals surface area contributed by atoms with Crippen LogP contribution in [0, 0.1) is 0 Å². The Labute approximate surface area is 112 Å². The Morgan fingerprint density at radius 3 is 2.72 bits per heavy atom. The molecule has 0 aliphatic heterocycles. The average Bonchev–Trinajstić information content (AvgIpc) is 2.41. The van der Waals surface area contributed by atoms with Crippen molar-refractivity contribution in [3.05, 3.63) is 53.1 Å². The number of hydrogen-bond acceptors (Lipinski definition) is 2. The average molecular weight is 262 g/mol. The molecule has 0 bridgehead atoms. The lowest BCUT2D eigenvalue weighted by Crippen LogP contribution is -2.02. The number of halogens is 1. The monoisotopic (exact) mass is 261 g/mol. The minimum Gasteiger partial charge on any atom is -0.497 e. The lowest BCUT2D eigenvalue weighted by atomic mass is 10.0. The summed E-state index contributed by atoms with van der Waals surface area (Å²) in [5.41, 5.74) is 8.84. The van der Waals surface area contributed by atoms with Gasteiger partial charge < -0.3 is 10.5 Å². The maximum absolute atomic E-state index is 6.25. The van der Waals surface area contributed by atoms with Crippen LogP contribution < -0.4 is 10.5 Å². The first kappa shape index (κ1) is 12.9. The Hall–Kier alpha value is -1.51. The Balaban J connectivity index is 2.44. The van der Waals surface area contributed by atoms with Crippen LogP contribution >= 0.6 is 11.6 Å². The van der Waals surface area contributed by atoms with Crippen molar-refractivity contribution in [2.24, 2.45) is 5.73 Å². The van der Waals surface area contributed by atoms with Gasteiger partial charge in [0.15, 0.2) is 0 Å². The molecule has 0 fully saturated rings. The molecule has 2 aromatic rings. The molecule has 0 aromatic heterocycles. The van der Waals surface area contributed by atoms with Crippen LogP contribution in [0.2, 0.25) is 5.02 Å². The quantitative estimate of drug-likeness (QED) is 0.914. The predicted molar refractivity (Wildman–Crippen MR) is 76.2 cm³/mol. The van der Waals surface area contributed by atoms with Crippen LogP contribution in [-0.4, -0.2) is 13.7 Å². The van der Waals surface area contributed by atoms with Crippen LogP contribution in [0.25, 0.3) is 11.1 Å². The Bertz CT molecular complexity index is 540. The lowest BCUT2D eigenvalue weighted by molar-refractivity contribution is 0.415. The maximum Gasteiger partial charge on any atom is 0.119 e. The Morgan fingerprint density at radius 1 is 1.17 bits per heavy atom. The first-order valence-electron chi connectivity index (χ1n) is 5.87. The summed E-state index contributed by atoms with van der Waals surface area (Å²) >= 11 is 6.25. The zero-order valence-corrected chi connectivity index (χ0v) is 11.1. The highest BCUT2D eigenvalue weighted by Gasteiger charge is 2.06. The topological polar surface area (TPSA) is 35.2 Å². The van der Waals surface area contributed by atoms with Gasteiger partial charge in [-0.15, -0.1) is 0 Å². The van der Waals surface area contributed by atoms with Crippen molar-refractivity contribution in [2.45, 2.75) is 6.42 Å². The van der Waals surface area contributed by atoms with Gasteiger partial charge in [-0.1, -0.05) is 29.8 Å². The third kappa shape index (κ3) is 2.84. The molecule has 0 saturated heterocycles. The molecule has 0 aliphatic rings. The van der Waals surface area contributed by atoms with E-state index in [2.05, 4.69) is 6.07 Å². The van der Waals surface area contributed by atoms with Crippen molar-refractivity contribution >= 4 is 11.6 Å². The first-order chi connectivity index (χ1) is 8.74. The third-order valence-electron chi connectivity index (χ3n) is 2.84. The van der Waals surface area contributed by atoms with E-state index in [0.29, 0.717) is 6.54 Å². The highest BCUT2D eigenvalue weighted by atomic mass is 35.5. The van der Waals surface area contributed by atoms with Gasteiger partial charge in [-0.25, -0.2) is 0 Å². The fourth-order valence-electron chi connectivity index (χ4n) is 1.91. The summed E-state index contributed by atoms with van der Waals surface area (Å²) < 4.78 is 5.23. The molecular weight excluding hydrogens is 246 g/mol. The zero-order chi connectivity index (χ0) is 13.0. The summed E-state index contributed by atoms with van der Waals surface area (Å²) in [5.74, 6) is 0.827. The van der Waals surface area contributed by atoms with Gasteiger partial charge in [-0.05, 0) is 48.4 Å². The smallest absolute Gasteiger partial charge is 0.119 e. The van der Waals surface area contributed by atoms with E-state index < -0.39 is 0 Å². The molecule has 0 atom stereocenters. The van der Waals surface area contributed by atoms with Crippen LogP contribution in [0.5, 0.6) is 5.75 Å². The van der Waals surface area contributed by atoms with Crippen molar-refractivity contribution in [1.29, 1.82) is 0 Å². The van der Waals surface area contributed by atoms with Crippen molar-refractivity contribution in [3.63, 3.8) is 0 Å². The van der Waals surface area contributed by atoms with Gasteiger partial charge in [0.05, 0.1) is 7.11 Å². The van der Waals surface area contributed by atoms with Crippen molar-refractivity contribution in [3.8, 4) is 16.9 Å². The lowest BCUT2D eigenvalue weighted by Gasteiger charge is -2.09. The fourth-order valence-corrected chi connectivity index (χ4v) is 2.13. The van der Waals surface area contributed by atoms with E-state index in [1.54, 1.807) is 7.11 Å². The molecule has 18 heavy (non-hydrogen) atoms. The minimum absolute atomic E-state index is 0.638. The third-order valence-corrected chi connectivity index (χ3v) is 3.17. The SMILES string of the molecule is COc1cccc(-c2cc(CCN)ccc2Cl)c1. The van der Waals surface area contributed by atoms with Crippen LogP contribution in [-0.2, 0) is 6.42 Å². The molecule has 0 saturated carbocycles. The van der Waals surface area contributed by atoms with E-state index in [0.717, 1.165) is 28.3 Å². The molecule has 0 spiro atoms. The van der Waals surface area contributed by atoms with Crippen molar-refractivity contribution in [2.75, 3.05) is 13.7 Å². The second kappa shape index (κ2) is 5.89. The number of ether oxygens (including phenoxy) is 1. The molecule has 2 N–H and O–H groups in total. The highest BCUT2D eigenvalue weighted by molar-refractivity contribution is 6.33.